The maximum absolute atomic E-state index is 11.7. The van der Waals surface area contributed by atoms with E-state index in [1.807, 2.05) is 42.5 Å². The molecule has 0 saturated carbocycles. The van der Waals surface area contributed by atoms with Gasteiger partial charge in [0.25, 0.3) is 0 Å². The van der Waals surface area contributed by atoms with Gasteiger partial charge in [-0.2, -0.15) is 5.10 Å². The molecule has 0 fully saturated rings. The van der Waals surface area contributed by atoms with Crippen LogP contribution in [0.5, 0.6) is 0 Å². The highest BCUT2D eigenvalue weighted by atomic mass is 32.1. The average molecular weight is 315 g/mol. The van der Waals surface area contributed by atoms with E-state index in [4.69, 9.17) is 4.74 Å². The minimum absolute atomic E-state index is 0.351. The van der Waals surface area contributed by atoms with Crippen molar-refractivity contribution in [1.29, 1.82) is 0 Å². The number of hydrogen-bond acceptors (Lipinski definition) is 5. The van der Waals surface area contributed by atoms with Crippen LogP contribution >= 0.6 is 11.3 Å². The number of carbonyl (C=O) groups excluding carboxylic acids is 1. The molecule has 22 heavy (non-hydrogen) atoms. The minimum atomic E-state index is -0.351. The third kappa shape index (κ3) is 4.26. The predicted octanol–water partition coefficient (Wildman–Crippen LogP) is 2.86. The molecule has 1 heterocycles. The molecule has 2 aromatic rings. The quantitative estimate of drug-likeness (QED) is 0.484. The maximum Gasteiger partial charge on any atom is 0.355 e. The fourth-order valence-corrected chi connectivity index (χ4v) is 2.51. The Labute approximate surface area is 132 Å². The topological polar surface area (TPSA) is 55.9 Å². The second-order valence-corrected chi connectivity index (χ2v) is 5.15. The summed E-state index contributed by atoms with van der Waals surface area (Å²) in [6.07, 6.45) is 5.37. The number of aromatic nitrogens is 1. The minimum Gasteiger partial charge on any atom is -0.461 e. The molecular formula is C16H17N3O2S. The average Bonchev–Trinajstić information content (AvgIpc) is 2.89. The monoisotopic (exact) mass is 315 g/mol. The summed E-state index contributed by atoms with van der Waals surface area (Å²) >= 11 is 1.34. The molecule has 0 aliphatic rings. The molecule has 0 bridgehead atoms. The Bertz CT molecular complexity index is 742. The van der Waals surface area contributed by atoms with Crippen LogP contribution in [0.25, 0.3) is 6.08 Å². The Morgan fingerprint density at radius 1 is 1.36 bits per heavy atom. The van der Waals surface area contributed by atoms with Crippen LogP contribution < -0.4 is 4.80 Å². The molecular weight excluding hydrogens is 298 g/mol. The number of esters is 1. The third-order valence-electron chi connectivity index (χ3n) is 2.79. The lowest BCUT2D eigenvalue weighted by molar-refractivity contribution is 0.0515. The zero-order valence-electron chi connectivity index (χ0n) is 12.5. The fourth-order valence-electron chi connectivity index (χ4n) is 1.69. The summed E-state index contributed by atoms with van der Waals surface area (Å²) < 4.78 is 6.64. The zero-order valence-corrected chi connectivity index (χ0v) is 13.3. The molecule has 0 unspecified atom stereocenters. The molecule has 1 aromatic carbocycles. The number of thiazole rings is 1. The summed E-state index contributed by atoms with van der Waals surface area (Å²) in [7, 11) is 1.76. The molecule has 1 aromatic heterocycles. The summed E-state index contributed by atoms with van der Waals surface area (Å²) in [5, 5.41) is 9.79. The standard InChI is InChI=1S/C16H17N3O2S/c1-3-21-15(20)14-12-22-16(19(14)2)18-17-11-7-10-13-8-5-4-6-9-13/h4-12H,3H2,1-2H3/b10-7+,17-11+,18-16+. The number of rotatable bonds is 5. The Morgan fingerprint density at radius 2 is 2.14 bits per heavy atom. The van der Waals surface area contributed by atoms with Crippen LogP contribution in [0.2, 0.25) is 0 Å². The summed E-state index contributed by atoms with van der Waals surface area (Å²) in [5.41, 5.74) is 1.57. The molecule has 0 saturated heterocycles. The van der Waals surface area contributed by atoms with Crippen LogP contribution in [0, 0.1) is 0 Å². The van der Waals surface area contributed by atoms with E-state index < -0.39 is 0 Å². The molecule has 0 aliphatic carbocycles. The van der Waals surface area contributed by atoms with Gasteiger partial charge in [-0.15, -0.1) is 16.4 Å². The Hall–Kier alpha value is -2.47. The largest absolute Gasteiger partial charge is 0.461 e. The zero-order chi connectivity index (χ0) is 15.8. The van der Waals surface area contributed by atoms with Crippen molar-refractivity contribution in [2.45, 2.75) is 6.92 Å². The van der Waals surface area contributed by atoms with Gasteiger partial charge >= 0.3 is 5.97 Å². The van der Waals surface area contributed by atoms with Crippen LogP contribution in [-0.2, 0) is 11.8 Å². The van der Waals surface area contributed by atoms with Gasteiger partial charge in [-0.25, -0.2) is 4.79 Å². The normalized spacial score (nSPS) is 12.4. The van der Waals surface area contributed by atoms with Crippen molar-refractivity contribution in [3.8, 4) is 0 Å². The molecule has 0 aliphatic heterocycles. The number of benzene rings is 1. The lowest BCUT2D eigenvalue weighted by Gasteiger charge is -2.01. The van der Waals surface area contributed by atoms with E-state index in [1.165, 1.54) is 11.3 Å². The molecule has 6 heteroatoms. The molecule has 0 N–H and O–H groups in total. The van der Waals surface area contributed by atoms with Crippen LogP contribution in [0.1, 0.15) is 23.0 Å². The first-order valence-electron chi connectivity index (χ1n) is 6.82. The smallest absolute Gasteiger partial charge is 0.355 e. The van der Waals surface area contributed by atoms with E-state index in [0.717, 1.165) is 5.56 Å². The predicted molar refractivity (Wildman–Crippen MR) is 88.8 cm³/mol. The molecule has 114 valence electrons. The second kappa shape index (κ2) is 8.09. The van der Waals surface area contributed by atoms with Crippen molar-refractivity contribution in [3.63, 3.8) is 0 Å². The van der Waals surface area contributed by atoms with Crippen LogP contribution in [0.4, 0.5) is 0 Å². The highest BCUT2D eigenvalue weighted by Crippen LogP contribution is 2.02. The van der Waals surface area contributed by atoms with Gasteiger partial charge < -0.3 is 9.30 Å². The van der Waals surface area contributed by atoms with Crippen molar-refractivity contribution in [3.05, 3.63) is 57.8 Å². The Morgan fingerprint density at radius 3 is 2.86 bits per heavy atom. The van der Waals surface area contributed by atoms with Crippen molar-refractivity contribution in [2.75, 3.05) is 6.61 Å². The number of hydrogen-bond donors (Lipinski definition) is 0. The molecule has 0 amide bonds. The Kier molecular flexibility index (Phi) is 5.85. The van der Waals surface area contributed by atoms with Gasteiger partial charge in [-0.1, -0.05) is 36.4 Å². The number of carbonyl (C=O) groups is 1. The first-order valence-corrected chi connectivity index (χ1v) is 7.70. The van der Waals surface area contributed by atoms with Crippen LogP contribution in [0.3, 0.4) is 0 Å². The van der Waals surface area contributed by atoms with E-state index in [0.29, 0.717) is 17.1 Å². The van der Waals surface area contributed by atoms with Crippen LogP contribution in [0.15, 0.2) is 52.0 Å². The fraction of sp³-hybridized carbons (Fsp3) is 0.188. The van der Waals surface area contributed by atoms with E-state index in [2.05, 4.69) is 10.2 Å². The summed E-state index contributed by atoms with van der Waals surface area (Å²) in [6, 6.07) is 9.94. The van der Waals surface area contributed by atoms with Gasteiger partial charge in [0.15, 0.2) is 0 Å². The van der Waals surface area contributed by atoms with Gasteiger partial charge in [0, 0.05) is 18.6 Å². The molecule has 0 spiro atoms. The highest BCUT2D eigenvalue weighted by molar-refractivity contribution is 7.07. The number of allylic oxidation sites excluding steroid dienone is 1. The second-order valence-electron chi connectivity index (χ2n) is 4.32. The number of nitrogens with zero attached hydrogens (tertiary/aromatic N) is 3. The van der Waals surface area contributed by atoms with Gasteiger partial charge in [-0.05, 0) is 18.6 Å². The van der Waals surface area contributed by atoms with E-state index in [9.17, 15) is 4.79 Å². The first-order chi connectivity index (χ1) is 10.7. The molecule has 5 nitrogen and oxygen atoms in total. The van der Waals surface area contributed by atoms with Gasteiger partial charge in [0.05, 0.1) is 6.61 Å². The van der Waals surface area contributed by atoms with E-state index >= 15 is 0 Å². The summed E-state index contributed by atoms with van der Waals surface area (Å²) in [5.74, 6) is -0.351. The lowest BCUT2D eigenvalue weighted by atomic mass is 10.2. The first kappa shape index (κ1) is 15.9. The van der Waals surface area contributed by atoms with E-state index in [1.54, 1.807) is 30.1 Å². The SMILES string of the molecule is CCOC(=O)c1cs/c(=N/N=C/C=C/c2ccccc2)n1C. The van der Waals surface area contributed by atoms with Crippen molar-refractivity contribution < 1.29 is 9.53 Å². The van der Waals surface area contributed by atoms with Gasteiger partial charge in [-0.3, -0.25) is 0 Å². The molecule has 2 rings (SSSR count). The van der Waals surface area contributed by atoms with Crippen molar-refractivity contribution >= 4 is 29.6 Å². The Balaban J connectivity index is 2.06. The maximum atomic E-state index is 11.7. The highest BCUT2D eigenvalue weighted by Gasteiger charge is 2.11. The third-order valence-corrected chi connectivity index (χ3v) is 3.70. The van der Waals surface area contributed by atoms with Crippen LogP contribution in [-0.4, -0.2) is 23.4 Å². The van der Waals surface area contributed by atoms with Crippen molar-refractivity contribution in [1.82, 2.24) is 4.57 Å². The van der Waals surface area contributed by atoms with E-state index in [-0.39, 0.29) is 5.97 Å². The summed E-state index contributed by atoms with van der Waals surface area (Å²) in [6.45, 7) is 2.13. The molecule has 0 atom stereocenters. The lowest BCUT2D eigenvalue weighted by Crippen LogP contribution is -2.17. The molecule has 0 radical (unpaired) electrons. The van der Waals surface area contributed by atoms with Crippen molar-refractivity contribution in [2.24, 2.45) is 17.3 Å². The van der Waals surface area contributed by atoms with Gasteiger partial charge in [0.1, 0.15) is 5.69 Å². The summed E-state index contributed by atoms with van der Waals surface area (Å²) in [4.78, 5) is 12.3. The van der Waals surface area contributed by atoms with Gasteiger partial charge in [0.2, 0.25) is 4.80 Å². The number of ether oxygens (including phenoxy) is 1.